The number of para-hydroxylation sites is 1. The number of rotatable bonds is 3. The number of fused-ring (bicyclic) bond motifs is 1. The number of benzene rings is 2. The Balaban J connectivity index is 1.79. The van der Waals surface area contributed by atoms with Crippen molar-refractivity contribution in [1.29, 1.82) is 5.26 Å². The highest BCUT2D eigenvalue weighted by Gasteiger charge is 2.48. The fourth-order valence-electron chi connectivity index (χ4n) is 3.80. The maximum atomic E-state index is 9.74. The zero-order valence-corrected chi connectivity index (χ0v) is 15.2. The van der Waals surface area contributed by atoms with Crippen molar-refractivity contribution in [2.24, 2.45) is 16.8 Å². The summed E-state index contributed by atoms with van der Waals surface area (Å²) in [6, 6.07) is 19.8. The number of allylic oxidation sites excluding steroid dienone is 1. The van der Waals surface area contributed by atoms with Crippen LogP contribution in [-0.2, 0) is 4.74 Å². The number of methoxy groups -OCH3 is 1. The van der Waals surface area contributed by atoms with Crippen LogP contribution in [0, 0.1) is 17.2 Å². The molecule has 6 nitrogen and oxygen atoms in total. The second-order valence-corrected chi connectivity index (χ2v) is 6.60. The normalized spacial score (nSPS) is 24.0. The predicted octanol–water partition coefficient (Wildman–Crippen LogP) is 3.34. The summed E-state index contributed by atoms with van der Waals surface area (Å²) in [6.45, 7) is 1.97. The van der Waals surface area contributed by atoms with Gasteiger partial charge in [0.15, 0.2) is 0 Å². The molecule has 2 aromatic rings. The van der Waals surface area contributed by atoms with Crippen LogP contribution in [0.5, 0.6) is 5.75 Å². The molecule has 3 atom stereocenters. The fraction of sp³-hybridized carbons (Fsp3) is 0.238. The molecule has 136 valence electrons. The molecule has 2 aromatic carbocycles. The quantitative estimate of drug-likeness (QED) is 0.907. The van der Waals surface area contributed by atoms with E-state index in [1.54, 1.807) is 7.11 Å². The molecule has 0 amide bonds. The second kappa shape index (κ2) is 6.69. The lowest BCUT2D eigenvalue weighted by Gasteiger charge is -2.37. The van der Waals surface area contributed by atoms with Crippen LogP contribution in [0.15, 0.2) is 71.2 Å². The highest BCUT2D eigenvalue weighted by Crippen LogP contribution is 2.45. The van der Waals surface area contributed by atoms with Crippen LogP contribution < -0.4 is 15.5 Å². The van der Waals surface area contributed by atoms with Gasteiger partial charge in [-0.15, -0.1) is 0 Å². The van der Waals surface area contributed by atoms with Gasteiger partial charge < -0.3 is 15.2 Å². The third-order valence-corrected chi connectivity index (χ3v) is 5.10. The summed E-state index contributed by atoms with van der Waals surface area (Å²) in [6.07, 6.45) is -0.392. The first-order valence-corrected chi connectivity index (χ1v) is 8.73. The molecule has 6 heteroatoms. The van der Waals surface area contributed by atoms with Crippen LogP contribution in [-0.4, -0.2) is 19.0 Å². The Hall–Kier alpha value is -3.46. The zero-order valence-electron chi connectivity index (χ0n) is 15.2. The van der Waals surface area contributed by atoms with Crippen molar-refractivity contribution in [3.8, 4) is 11.8 Å². The van der Waals surface area contributed by atoms with E-state index in [0.29, 0.717) is 5.57 Å². The molecule has 0 fully saturated rings. The van der Waals surface area contributed by atoms with Gasteiger partial charge in [0.05, 0.1) is 24.3 Å². The molecule has 3 unspecified atom stereocenters. The van der Waals surface area contributed by atoms with Gasteiger partial charge in [0, 0.05) is 11.6 Å². The summed E-state index contributed by atoms with van der Waals surface area (Å²) in [7, 11) is 1.63. The molecule has 2 aliphatic heterocycles. The third-order valence-electron chi connectivity index (χ3n) is 5.10. The number of anilines is 1. The smallest absolute Gasteiger partial charge is 0.202 e. The lowest BCUT2D eigenvalue weighted by atomic mass is 9.76. The number of nitrogens with zero attached hydrogens (tertiary/aromatic N) is 3. The average molecular weight is 360 g/mol. The fourth-order valence-corrected chi connectivity index (χ4v) is 3.80. The topological polar surface area (TPSA) is 83.9 Å². The molecule has 0 spiro atoms. The van der Waals surface area contributed by atoms with E-state index in [1.165, 1.54) is 0 Å². The Bertz CT molecular complexity index is 944. The van der Waals surface area contributed by atoms with Crippen LogP contribution in [0.25, 0.3) is 0 Å². The number of nitriles is 1. The van der Waals surface area contributed by atoms with Crippen LogP contribution in [0.1, 0.15) is 18.4 Å². The zero-order chi connectivity index (χ0) is 19.0. The van der Waals surface area contributed by atoms with Crippen LogP contribution in [0.4, 0.5) is 5.69 Å². The van der Waals surface area contributed by atoms with E-state index in [9.17, 15) is 5.26 Å². The van der Waals surface area contributed by atoms with E-state index in [2.05, 4.69) is 6.07 Å². The van der Waals surface area contributed by atoms with Gasteiger partial charge in [0.2, 0.25) is 12.1 Å². The minimum absolute atomic E-state index is 0.111. The number of hydrogen-bond acceptors (Lipinski definition) is 6. The highest BCUT2D eigenvalue weighted by atomic mass is 16.5. The van der Waals surface area contributed by atoms with Crippen molar-refractivity contribution in [2.75, 3.05) is 12.1 Å². The molecular formula is C21H20N4O2. The van der Waals surface area contributed by atoms with Gasteiger partial charge in [-0.2, -0.15) is 10.4 Å². The minimum Gasteiger partial charge on any atom is -0.497 e. The number of ether oxygens (including phenoxy) is 2. The molecule has 2 heterocycles. The SMILES string of the molecule is COc1ccc(C2C(C#N)=C(N)OC3C2C(C)=NN3c2ccccc2)cc1. The number of hydrazone groups is 1. The molecule has 0 aromatic heterocycles. The summed E-state index contributed by atoms with van der Waals surface area (Å²) in [5.74, 6) is 0.587. The van der Waals surface area contributed by atoms with Crippen molar-refractivity contribution >= 4 is 11.4 Å². The maximum absolute atomic E-state index is 9.74. The van der Waals surface area contributed by atoms with Gasteiger partial charge in [-0.1, -0.05) is 30.3 Å². The van der Waals surface area contributed by atoms with Crippen molar-refractivity contribution in [1.82, 2.24) is 0 Å². The largest absolute Gasteiger partial charge is 0.497 e. The van der Waals surface area contributed by atoms with E-state index in [4.69, 9.17) is 20.3 Å². The van der Waals surface area contributed by atoms with Gasteiger partial charge in [0.1, 0.15) is 11.8 Å². The summed E-state index contributed by atoms with van der Waals surface area (Å²) >= 11 is 0. The first-order chi connectivity index (χ1) is 13.1. The summed E-state index contributed by atoms with van der Waals surface area (Å²) in [4.78, 5) is 0. The summed E-state index contributed by atoms with van der Waals surface area (Å²) in [5, 5.41) is 16.3. The molecule has 0 saturated heterocycles. The maximum Gasteiger partial charge on any atom is 0.202 e. The minimum atomic E-state index is -0.392. The molecule has 2 aliphatic rings. The molecule has 4 rings (SSSR count). The molecule has 0 aliphatic carbocycles. The third kappa shape index (κ3) is 2.77. The van der Waals surface area contributed by atoms with Crippen molar-refractivity contribution in [3.05, 3.63) is 71.6 Å². The summed E-state index contributed by atoms with van der Waals surface area (Å²) < 4.78 is 11.2. The van der Waals surface area contributed by atoms with E-state index in [1.807, 2.05) is 66.5 Å². The van der Waals surface area contributed by atoms with Gasteiger partial charge >= 0.3 is 0 Å². The standard InChI is InChI=1S/C21H20N4O2/c1-13-18-19(14-8-10-16(26-2)11-9-14)17(12-22)20(23)27-21(18)25(24-13)15-6-4-3-5-7-15/h3-11,18-19,21H,23H2,1-2H3. The van der Waals surface area contributed by atoms with E-state index < -0.39 is 6.23 Å². The number of nitrogens with two attached hydrogens (primary N) is 1. The van der Waals surface area contributed by atoms with Crippen LogP contribution in [0.3, 0.4) is 0 Å². The Morgan fingerprint density at radius 2 is 1.85 bits per heavy atom. The van der Waals surface area contributed by atoms with Gasteiger partial charge in [-0.05, 0) is 36.8 Å². The highest BCUT2D eigenvalue weighted by molar-refractivity contribution is 5.90. The van der Waals surface area contributed by atoms with Crippen LogP contribution in [0.2, 0.25) is 0 Å². The van der Waals surface area contributed by atoms with Gasteiger partial charge in [-0.25, -0.2) is 5.01 Å². The van der Waals surface area contributed by atoms with Gasteiger partial charge in [-0.3, -0.25) is 0 Å². The lowest BCUT2D eigenvalue weighted by Crippen LogP contribution is -2.43. The Labute approximate surface area is 158 Å². The first kappa shape index (κ1) is 17.0. The van der Waals surface area contributed by atoms with E-state index >= 15 is 0 Å². The summed E-state index contributed by atoms with van der Waals surface area (Å²) in [5.41, 5.74) is 9.40. The molecular weight excluding hydrogens is 340 g/mol. The monoisotopic (exact) mass is 360 g/mol. The Kier molecular flexibility index (Phi) is 4.21. The van der Waals surface area contributed by atoms with Crippen molar-refractivity contribution in [3.63, 3.8) is 0 Å². The molecule has 0 saturated carbocycles. The predicted molar refractivity (Wildman–Crippen MR) is 103 cm³/mol. The van der Waals surface area contributed by atoms with Crippen LogP contribution >= 0.6 is 0 Å². The molecule has 0 radical (unpaired) electrons. The second-order valence-electron chi connectivity index (χ2n) is 6.60. The Morgan fingerprint density at radius 3 is 2.48 bits per heavy atom. The van der Waals surface area contributed by atoms with E-state index in [-0.39, 0.29) is 17.7 Å². The lowest BCUT2D eigenvalue weighted by molar-refractivity contribution is 0.0662. The average Bonchev–Trinajstić information content (AvgIpc) is 3.03. The van der Waals surface area contributed by atoms with Gasteiger partial charge in [0.25, 0.3) is 0 Å². The molecule has 0 bridgehead atoms. The van der Waals surface area contributed by atoms with Crippen molar-refractivity contribution in [2.45, 2.75) is 19.1 Å². The first-order valence-electron chi connectivity index (χ1n) is 8.73. The molecule has 2 N–H and O–H groups in total. The van der Waals surface area contributed by atoms with E-state index in [0.717, 1.165) is 22.7 Å². The van der Waals surface area contributed by atoms with Crippen molar-refractivity contribution < 1.29 is 9.47 Å². The molecule has 27 heavy (non-hydrogen) atoms. The number of hydrogen-bond donors (Lipinski definition) is 1. The Morgan fingerprint density at radius 1 is 1.15 bits per heavy atom.